The van der Waals surface area contributed by atoms with E-state index in [1.165, 1.54) is 6.20 Å². The van der Waals surface area contributed by atoms with Gasteiger partial charge in [-0.2, -0.15) is 0 Å². The first-order valence-electron chi connectivity index (χ1n) is 8.03. The first kappa shape index (κ1) is 19.1. The predicted molar refractivity (Wildman–Crippen MR) is 104 cm³/mol. The summed E-state index contributed by atoms with van der Waals surface area (Å²) in [5, 5.41) is 3.82. The number of halogens is 3. The summed E-state index contributed by atoms with van der Waals surface area (Å²) in [7, 11) is 0. The largest absolute Gasteiger partial charge is 0.463 e. The average molecular weight is 405 g/mol. The third-order valence-electron chi connectivity index (χ3n) is 3.84. The standard InChI is InChI=1S/C20H15Cl2FN2O2/c21-17-5-4-14(19(22)8-17)11-25-20(26)16-6-15(9-24-10-16)13-2-1-3-18(7-13)27-12-23/h1-10H,11-12H2,(H,25,26). The van der Waals surface area contributed by atoms with Crippen LogP contribution < -0.4 is 10.1 Å². The van der Waals surface area contributed by atoms with E-state index in [4.69, 9.17) is 27.9 Å². The minimum absolute atomic E-state index is 0.263. The summed E-state index contributed by atoms with van der Waals surface area (Å²) in [5.74, 6) is 0.119. The van der Waals surface area contributed by atoms with Gasteiger partial charge in [-0.05, 0) is 41.5 Å². The van der Waals surface area contributed by atoms with Gasteiger partial charge in [0.2, 0.25) is 6.86 Å². The summed E-state index contributed by atoms with van der Waals surface area (Å²) >= 11 is 12.0. The van der Waals surface area contributed by atoms with Gasteiger partial charge in [-0.1, -0.05) is 41.4 Å². The van der Waals surface area contributed by atoms with Crippen molar-refractivity contribution in [3.8, 4) is 16.9 Å². The summed E-state index contributed by atoms with van der Waals surface area (Å²) in [4.78, 5) is 16.6. The molecule has 0 aliphatic rings. The molecule has 0 spiro atoms. The number of pyridine rings is 1. The zero-order valence-corrected chi connectivity index (χ0v) is 15.6. The lowest BCUT2D eigenvalue weighted by atomic mass is 10.1. The Morgan fingerprint density at radius 2 is 1.93 bits per heavy atom. The quantitative estimate of drug-likeness (QED) is 0.606. The molecule has 3 aromatic rings. The maximum atomic E-state index is 12.5. The number of nitrogens with one attached hydrogen (secondary N) is 1. The number of nitrogens with zero attached hydrogens (tertiary/aromatic N) is 1. The zero-order valence-electron chi connectivity index (χ0n) is 14.1. The molecule has 0 saturated carbocycles. The van der Waals surface area contributed by atoms with Crippen LogP contribution >= 0.6 is 23.2 Å². The van der Waals surface area contributed by atoms with E-state index in [9.17, 15) is 9.18 Å². The Balaban J connectivity index is 1.74. The molecular formula is C20H15Cl2FN2O2. The molecule has 27 heavy (non-hydrogen) atoms. The molecule has 0 radical (unpaired) electrons. The Morgan fingerprint density at radius 1 is 1.07 bits per heavy atom. The number of ether oxygens (including phenoxy) is 1. The fourth-order valence-corrected chi connectivity index (χ4v) is 2.97. The van der Waals surface area contributed by atoms with Crippen molar-refractivity contribution in [2.24, 2.45) is 0 Å². The van der Waals surface area contributed by atoms with Gasteiger partial charge in [-0.25, -0.2) is 4.39 Å². The van der Waals surface area contributed by atoms with Crippen molar-refractivity contribution in [2.45, 2.75) is 6.54 Å². The van der Waals surface area contributed by atoms with Crippen LogP contribution in [0.3, 0.4) is 0 Å². The third-order valence-corrected chi connectivity index (χ3v) is 4.43. The smallest absolute Gasteiger partial charge is 0.253 e. The number of aromatic nitrogens is 1. The van der Waals surface area contributed by atoms with Crippen LogP contribution in [0.2, 0.25) is 10.0 Å². The molecular weight excluding hydrogens is 390 g/mol. The molecule has 0 aliphatic heterocycles. The second-order valence-corrected chi connectivity index (χ2v) is 6.51. The lowest BCUT2D eigenvalue weighted by Crippen LogP contribution is -2.23. The second-order valence-electron chi connectivity index (χ2n) is 5.66. The Bertz CT molecular complexity index is 966. The number of benzene rings is 2. The zero-order chi connectivity index (χ0) is 19.2. The van der Waals surface area contributed by atoms with Gasteiger partial charge in [0.25, 0.3) is 5.91 Å². The fraction of sp³-hybridized carbons (Fsp3) is 0.100. The molecule has 1 N–H and O–H groups in total. The van der Waals surface area contributed by atoms with Crippen LogP contribution in [0.4, 0.5) is 4.39 Å². The molecule has 1 aromatic heterocycles. The van der Waals surface area contributed by atoms with Crippen molar-refractivity contribution < 1.29 is 13.9 Å². The van der Waals surface area contributed by atoms with Gasteiger partial charge in [-0.3, -0.25) is 9.78 Å². The number of hydrogen-bond acceptors (Lipinski definition) is 3. The number of rotatable bonds is 6. The summed E-state index contributed by atoms with van der Waals surface area (Å²) in [5.41, 5.74) is 2.64. The van der Waals surface area contributed by atoms with E-state index in [2.05, 4.69) is 10.3 Å². The summed E-state index contributed by atoms with van der Waals surface area (Å²) < 4.78 is 17.2. The SMILES string of the molecule is O=C(NCc1ccc(Cl)cc1Cl)c1cncc(-c2cccc(OCF)c2)c1. The van der Waals surface area contributed by atoms with Crippen molar-refractivity contribution in [3.63, 3.8) is 0 Å². The summed E-state index contributed by atoms with van der Waals surface area (Å²) in [6.07, 6.45) is 3.10. The third kappa shape index (κ3) is 4.96. The average Bonchev–Trinajstić information content (AvgIpc) is 2.68. The van der Waals surface area contributed by atoms with Gasteiger partial charge < -0.3 is 10.1 Å². The van der Waals surface area contributed by atoms with Crippen LogP contribution in [0.25, 0.3) is 11.1 Å². The van der Waals surface area contributed by atoms with Crippen LogP contribution in [0, 0.1) is 0 Å². The summed E-state index contributed by atoms with van der Waals surface area (Å²) in [6, 6.07) is 13.7. The molecule has 0 unspecified atom stereocenters. The van der Waals surface area contributed by atoms with E-state index in [0.717, 1.165) is 16.7 Å². The van der Waals surface area contributed by atoms with Gasteiger partial charge >= 0.3 is 0 Å². The van der Waals surface area contributed by atoms with Crippen LogP contribution in [-0.2, 0) is 6.54 Å². The minimum atomic E-state index is -0.905. The lowest BCUT2D eigenvalue weighted by Gasteiger charge is -2.09. The molecule has 0 fully saturated rings. The highest BCUT2D eigenvalue weighted by molar-refractivity contribution is 6.35. The maximum absolute atomic E-state index is 12.5. The minimum Gasteiger partial charge on any atom is -0.463 e. The molecule has 1 amide bonds. The molecule has 1 heterocycles. The first-order valence-corrected chi connectivity index (χ1v) is 8.79. The predicted octanol–water partition coefficient (Wildman–Crippen LogP) is 5.29. The van der Waals surface area contributed by atoms with Gasteiger partial charge in [0.15, 0.2) is 0 Å². The molecule has 138 valence electrons. The Kier molecular flexibility index (Phi) is 6.27. The number of alkyl halides is 1. The highest BCUT2D eigenvalue weighted by atomic mass is 35.5. The van der Waals surface area contributed by atoms with Crippen molar-refractivity contribution >= 4 is 29.1 Å². The fourth-order valence-electron chi connectivity index (χ4n) is 2.49. The van der Waals surface area contributed by atoms with Crippen LogP contribution in [0.5, 0.6) is 5.75 Å². The second kappa shape index (κ2) is 8.84. The topological polar surface area (TPSA) is 51.2 Å². The number of carbonyl (C=O) groups excluding carboxylic acids is 1. The Morgan fingerprint density at radius 3 is 2.70 bits per heavy atom. The molecule has 0 bridgehead atoms. The normalized spacial score (nSPS) is 10.5. The molecule has 7 heteroatoms. The van der Waals surface area contributed by atoms with Crippen LogP contribution in [0.15, 0.2) is 60.9 Å². The van der Waals surface area contributed by atoms with Crippen molar-refractivity contribution in [2.75, 3.05) is 6.86 Å². The molecule has 0 saturated heterocycles. The van der Waals surface area contributed by atoms with Crippen molar-refractivity contribution in [1.82, 2.24) is 10.3 Å². The molecule has 2 aromatic carbocycles. The van der Waals surface area contributed by atoms with E-state index in [1.54, 1.807) is 48.7 Å². The van der Waals surface area contributed by atoms with Crippen molar-refractivity contribution in [3.05, 3.63) is 82.1 Å². The molecule has 0 aliphatic carbocycles. The highest BCUT2D eigenvalue weighted by Gasteiger charge is 2.10. The van der Waals surface area contributed by atoms with Gasteiger partial charge in [0.1, 0.15) is 5.75 Å². The number of hydrogen-bond donors (Lipinski definition) is 1. The molecule has 0 atom stereocenters. The Hall–Kier alpha value is -2.63. The molecule has 4 nitrogen and oxygen atoms in total. The van der Waals surface area contributed by atoms with Crippen molar-refractivity contribution in [1.29, 1.82) is 0 Å². The number of carbonyl (C=O) groups is 1. The van der Waals surface area contributed by atoms with Crippen LogP contribution in [-0.4, -0.2) is 17.8 Å². The van der Waals surface area contributed by atoms with Gasteiger partial charge in [0, 0.05) is 34.5 Å². The van der Waals surface area contributed by atoms with Gasteiger partial charge in [-0.15, -0.1) is 0 Å². The molecule has 3 rings (SSSR count). The van der Waals surface area contributed by atoms with E-state index >= 15 is 0 Å². The summed E-state index contributed by atoms with van der Waals surface area (Å²) in [6.45, 7) is -0.643. The first-order chi connectivity index (χ1) is 13.1. The highest BCUT2D eigenvalue weighted by Crippen LogP contribution is 2.24. The van der Waals surface area contributed by atoms with E-state index in [-0.39, 0.29) is 12.5 Å². The Labute approximate surface area is 165 Å². The number of amides is 1. The van der Waals surface area contributed by atoms with Crippen LogP contribution in [0.1, 0.15) is 15.9 Å². The van der Waals surface area contributed by atoms with Gasteiger partial charge in [0.05, 0.1) is 5.56 Å². The van der Waals surface area contributed by atoms with E-state index < -0.39 is 6.86 Å². The van der Waals surface area contributed by atoms with E-state index in [1.807, 2.05) is 6.07 Å². The lowest BCUT2D eigenvalue weighted by molar-refractivity contribution is 0.0950. The maximum Gasteiger partial charge on any atom is 0.253 e. The van der Waals surface area contributed by atoms with E-state index in [0.29, 0.717) is 21.4 Å². The monoisotopic (exact) mass is 404 g/mol.